The van der Waals surface area contributed by atoms with E-state index in [1.807, 2.05) is 13.8 Å². The molecule has 0 spiro atoms. The maximum Gasteiger partial charge on any atom is 0.407 e. The second-order valence-corrected chi connectivity index (χ2v) is 7.93. The molecule has 1 amide bonds. The lowest BCUT2D eigenvalue weighted by Crippen LogP contribution is -2.46. The number of amides is 1. The van der Waals surface area contributed by atoms with E-state index in [0.717, 1.165) is 6.07 Å². The van der Waals surface area contributed by atoms with Gasteiger partial charge in [0.15, 0.2) is 11.6 Å². The Balaban J connectivity index is 3.11. The molecule has 5 nitrogen and oxygen atoms in total. The summed E-state index contributed by atoms with van der Waals surface area (Å²) in [4.78, 5) is 24.0. The van der Waals surface area contributed by atoms with Gasteiger partial charge in [-0.3, -0.25) is 4.79 Å². The topological polar surface area (TPSA) is 75.6 Å². The Bertz CT molecular complexity index is 655. The van der Waals surface area contributed by atoms with Crippen LogP contribution in [0.4, 0.5) is 13.6 Å². The van der Waals surface area contributed by atoms with Crippen LogP contribution in [0.25, 0.3) is 0 Å². The number of carboxylic acids is 1. The standard InChI is InChI=1S/C19H27F2NO4/c1-12(2)9-19(16(23)24,11-22-17(25)26-18(3,4)5)10-13-7-6-8-14(20)15(13)21/h6-8,12H,9-11H2,1-5H3,(H,22,25)(H,23,24). The van der Waals surface area contributed by atoms with Crippen molar-refractivity contribution < 1.29 is 28.2 Å². The number of nitrogens with one attached hydrogen (secondary N) is 1. The number of alkyl carbamates (subject to hydrolysis) is 1. The fourth-order valence-corrected chi connectivity index (χ4v) is 2.83. The number of carboxylic acid groups (broad SMARTS) is 1. The highest BCUT2D eigenvalue weighted by Gasteiger charge is 2.41. The third kappa shape index (κ3) is 6.28. The van der Waals surface area contributed by atoms with Gasteiger partial charge in [-0.2, -0.15) is 0 Å². The molecule has 0 radical (unpaired) electrons. The number of ether oxygens (including phenoxy) is 1. The molecule has 0 aliphatic rings. The average Bonchev–Trinajstić information content (AvgIpc) is 2.47. The first-order chi connectivity index (χ1) is 11.9. The van der Waals surface area contributed by atoms with E-state index in [2.05, 4.69) is 5.32 Å². The zero-order valence-electron chi connectivity index (χ0n) is 15.9. The second kappa shape index (κ2) is 8.47. The van der Waals surface area contributed by atoms with Gasteiger partial charge in [-0.25, -0.2) is 13.6 Å². The first kappa shape index (κ1) is 21.9. The number of benzene rings is 1. The fourth-order valence-electron chi connectivity index (χ4n) is 2.83. The van der Waals surface area contributed by atoms with Crippen molar-refractivity contribution in [3.8, 4) is 0 Å². The zero-order valence-corrected chi connectivity index (χ0v) is 15.9. The number of aliphatic carboxylic acids is 1. The number of rotatable bonds is 7. The fraction of sp³-hybridized carbons (Fsp3) is 0.579. The largest absolute Gasteiger partial charge is 0.481 e. The summed E-state index contributed by atoms with van der Waals surface area (Å²) in [5.74, 6) is -3.33. The summed E-state index contributed by atoms with van der Waals surface area (Å²) in [6.45, 7) is 8.46. The van der Waals surface area contributed by atoms with E-state index in [9.17, 15) is 23.5 Å². The molecule has 26 heavy (non-hydrogen) atoms. The van der Waals surface area contributed by atoms with E-state index < -0.39 is 34.7 Å². The van der Waals surface area contributed by atoms with E-state index in [0.29, 0.717) is 0 Å². The summed E-state index contributed by atoms with van der Waals surface area (Å²) in [5, 5.41) is 12.3. The van der Waals surface area contributed by atoms with Crippen molar-refractivity contribution in [2.45, 2.75) is 53.1 Å². The van der Waals surface area contributed by atoms with E-state index in [-0.39, 0.29) is 30.9 Å². The molecule has 0 fully saturated rings. The van der Waals surface area contributed by atoms with Crippen LogP contribution in [0.5, 0.6) is 0 Å². The molecule has 7 heteroatoms. The smallest absolute Gasteiger partial charge is 0.407 e. The predicted molar refractivity (Wildman–Crippen MR) is 93.8 cm³/mol. The minimum atomic E-state index is -1.49. The van der Waals surface area contributed by atoms with E-state index >= 15 is 0 Å². The average molecular weight is 371 g/mol. The molecule has 0 saturated heterocycles. The monoisotopic (exact) mass is 371 g/mol. The van der Waals surface area contributed by atoms with Crippen molar-refractivity contribution in [1.29, 1.82) is 0 Å². The number of hydrogen-bond donors (Lipinski definition) is 2. The van der Waals surface area contributed by atoms with Gasteiger partial charge in [0, 0.05) is 6.54 Å². The van der Waals surface area contributed by atoms with Gasteiger partial charge in [0.1, 0.15) is 5.60 Å². The van der Waals surface area contributed by atoms with Gasteiger partial charge >= 0.3 is 12.1 Å². The molecule has 0 aliphatic carbocycles. The molecule has 146 valence electrons. The van der Waals surface area contributed by atoms with Crippen LogP contribution in [0.3, 0.4) is 0 Å². The highest BCUT2D eigenvalue weighted by Crippen LogP contribution is 2.32. The normalized spacial score (nSPS) is 14.0. The molecule has 1 aromatic carbocycles. The SMILES string of the molecule is CC(C)CC(CNC(=O)OC(C)(C)C)(Cc1cccc(F)c1F)C(=O)O. The molecule has 0 heterocycles. The third-order valence-electron chi connectivity index (χ3n) is 3.78. The summed E-state index contributed by atoms with van der Waals surface area (Å²) in [6, 6.07) is 3.66. The van der Waals surface area contributed by atoms with Gasteiger partial charge in [-0.05, 0) is 51.2 Å². The summed E-state index contributed by atoms with van der Waals surface area (Å²) in [6.07, 6.45) is -0.833. The van der Waals surface area contributed by atoms with Crippen LogP contribution in [0.2, 0.25) is 0 Å². The van der Waals surface area contributed by atoms with Crippen molar-refractivity contribution in [3.05, 3.63) is 35.4 Å². The molecule has 0 bridgehead atoms. The lowest BCUT2D eigenvalue weighted by Gasteiger charge is -2.32. The van der Waals surface area contributed by atoms with Gasteiger partial charge in [-0.15, -0.1) is 0 Å². The number of carbonyl (C=O) groups is 2. The molecule has 0 aromatic heterocycles. The van der Waals surface area contributed by atoms with Gasteiger partial charge < -0.3 is 15.2 Å². The van der Waals surface area contributed by atoms with Crippen LogP contribution in [0.1, 0.15) is 46.6 Å². The van der Waals surface area contributed by atoms with Crippen LogP contribution < -0.4 is 5.32 Å². The number of carbonyl (C=O) groups excluding carboxylic acids is 1. The lowest BCUT2D eigenvalue weighted by molar-refractivity contribution is -0.149. The Kier molecular flexibility index (Phi) is 7.12. The molecule has 1 rings (SSSR count). The van der Waals surface area contributed by atoms with Gasteiger partial charge in [0.25, 0.3) is 0 Å². The summed E-state index contributed by atoms with van der Waals surface area (Å²) in [5.41, 5.74) is -2.26. The van der Waals surface area contributed by atoms with E-state index in [1.165, 1.54) is 12.1 Å². The first-order valence-corrected chi connectivity index (χ1v) is 8.49. The molecule has 1 aromatic rings. The van der Waals surface area contributed by atoms with Crippen molar-refractivity contribution in [2.75, 3.05) is 6.54 Å². The Hall–Kier alpha value is -2.18. The minimum absolute atomic E-state index is 0.0387. The molecular weight excluding hydrogens is 344 g/mol. The van der Waals surface area contributed by atoms with Gasteiger partial charge in [-0.1, -0.05) is 26.0 Å². The maximum absolute atomic E-state index is 14.1. The molecular formula is C19H27F2NO4. The van der Waals surface area contributed by atoms with Crippen molar-refractivity contribution >= 4 is 12.1 Å². The maximum atomic E-state index is 14.1. The summed E-state index contributed by atoms with van der Waals surface area (Å²) >= 11 is 0. The second-order valence-electron chi connectivity index (χ2n) is 7.93. The predicted octanol–water partition coefficient (Wildman–Crippen LogP) is 4.15. The lowest BCUT2D eigenvalue weighted by atomic mass is 9.75. The van der Waals surface area contributed by atoms with Crippen LogP contribution in [0.15, 0.2) is 18.2 Å². The van der Waals surface area contributed by atoms with Gasteiger partial charge in [0.2, 0.25) is 0 Å². The zero-order chi connectivity index (χ0) is 20.1. The van der Waals surface area contributed by atoms with Crippen molar-refractivity contribution in [3.63, 3.8) is 0 Å². The first-order valence-electron chi connectivity index (χ1n) is 8.49. The Morgan fingerprint density at radius 3 is 2.35 bits per heavy atom. The van der Waals surface area contributed by atoms with E-state index in [4.69, 9.17) is 4.74 Å². The highest BCUT2D eigenvalue weighted by atomic mass is 19.2. The summed E-state index contributed by atoms with van der Waals surface area (Å²) < 4.78 is 32.7. The minimum Gasteiger partial charge on any atom is -0.481 e. The third-order valence-corrected chi connectivity index (χ3v) is 3.78. The molecule has 0 saturated carbocycles. The van der Waals surface area contributed by atoms with Crippen LogP contribution >= 0.6 is 0 Å². The number of halogens is 2. The molecule has 0 aliphatic heterocycles. The highest BCUT2D eigenvalue weighted by molar-refractivity contribution is 5.77. The van der Waals surface area contributed by atoms with Gasteiger partial charge in [0.05, 0.1) is 5.41 Å². The van der Waals surface area contributed by atoms with E-state index in [1.54, 1.807) is 20.8 Å². The van der Waals surface area contributed by atoms with Crippen LogP contribution in [-0.2, 0) is 16.0 Å². The quantitative estimate of drug-likeness (QED) is 0.755. The Labute approximate surface area is 152 Å². The van der Waals surface area contributed by atoms with Crippen LogP contribution in [0, 0.1) is 23.0 Å². The Morgan fingerprint density at radius 1 is 1.23 bits per heavy atom. The van der Waals surface area contributed by atoms with Crippen molar-refractivity contribution in [1.82, 2.24) is 5.32 Å². The van der Waals surface area contributed by atoms with Crippen LogP contribution in [-0.4, -0.2) is 29.3 Å². The molecule has 1 atom stereocenters. The molecule has 2 N–H and O–H groups in total. The van der Waals surface area contributed by atoms with Crippen molar-refractivity contribution in [2.24, 2.45) is 11.3 Å². The Morgan fingerprint density at radius 2 is 1.85 bits per heavy atom. The molecule has 1 unspecified atom stereocenters. The number of hydrogen-bond acceptors (Lipinski definition) is 3. The summed E-state index contributed by atoms with van der Waals surface area (Å²) in [7, 11) is 0.